The summed E-state index contributed by atoms with van der Waals surface area (Å²) in [5, 5.41) is 16.7. The third-order valence-corrected chi connectivity index (χ3v) is 7.72. The van der Waals surface area contributed by atoms with Crippen molar-refractivity contribution in [3.63, 3.8) is 0 Å². The van der Waals surface area contributed by atoms with Crippen molar-refractivity contribution in [3.8, 4) is 0 Å². The summed E-state index contributed by atoms with van der Waals surface area (Å²) in [6, 6.07) is 1.88. The topological polar surface area (TPSA) is 179 Å². The number of hydrogen-bond donors (Lipinski definition) is 1. The molecule has 0 radical (unpaired) electrons. The molecule has 0 aromatic heterocycles. The average Bonchev–Trinajstić information content (AvgIpc) is 2.73. The number of carbonyl (C=O) groups excluding carboxylic acids is 2. The van der Waals surface area contributed by atoms with Crippen LogP contribution in [0, 0.1) is 43.3 Å². The van der Waals surface area contributed by atoms with E-state index in [9.17, 15) is 0 Å². The van der Waals surface area contributed by atoms with Crippen molar-refractivity contribution in [2.75, 3.05) is 28.2 Å². The van der Waals surface area contributed by atoms with Gasteiger partial charge in [0.05, 0.1) is 1.37 Å². The largest absolute Gasteiger partial charge is 1.00 e. The van der Waals surface area contributed by atoms with Crippen LogP contribution >= 0.6 is 0 Å². The molecular formula is C44H103K3N7O2-3. The van der Waals surface area contributed by atoms with Gasteiger partial charge < -0.3 is 48.9 Å². The Balaban J connectivity index is -0.0000000443. The van der Waals surface area contributed by atoms with Gasteiger partial charge in [-0.15, -0.1) is 18.1 Å². The number of nitrogens with two attached hydrogens (primary N) is 2. The molecule has 0 spiro atoms. The first-order chi connectivity index (χ1) is 22.2. The van der Waals surface area contributed by atoms with Gasteiger partial charge in [0.1, 0.15) is 7.63 Å². The summed E-state index contributed by atoms with van der Waals surface area (Å²) in [6.45, 7) is 55.3. The standard InChI is InChI=1S/C10H23N.3C10H22N.C2H4O.CH3NO.CH4.3K.2H2N/c4*1-9(2,3)8(11-7)10(4,5)6;1-2-3;2-1-3;;;;;;/h8,11H,1-7H3;3*8H,1-7H3;2H,1H3;1H,(H2,2,3);1H4;;;;2*1H2/q;3*-1;;;;3*+1;2*-1/p-1/i;;;;2D;1D;;;;;;. The molecule has 6 N–H and O–H groups in total. The van der Waals surface area contributed by atoms with E-state index in [0.717, 1.165) is 0 Å². The van der Waals surface area contributed by atoms with Crippen LogP contribution in [0.15, 0.2) is 0 Å². The van der Waals surface area contributed by atoms with Crippen LogP contribution in [0.3, 0.4) is 0 Å². The van der Waals surface area contributed by atoms with Gasteiger partial charge >= 0.3 is 154 Å². The number of nitrogens with one attached hydrogen (secondary N) is 2. The van der Waals surface area contributed by atoms with Gasteiger partial charge in [0.25, 0.3) is 0 Å². The van der Waals surface area contributed by atoms with Crippen LogP contribution < -0.4 is 159 Å². The first-order valence-electron chi connectivity index (χ1n) is 19.4. The first kappa shape index (κ1) is 83.4. The summed E-state index contributed by atoms with van der Waals surface area (Å²) in [4.78, 5) is 17.9. The van der Waals surface area contributed by atoms with E-state index in [-0.39, 0.29) is 206 Å². The minimum atomic E-state index is -1.33. The fourth-order valence-electron chi connectivity index (χ4n) is 8.39. The second kappa shape index (κ2) is 40.3. The SMILES string of the molecule is C.CNC(C(C)(C)C)C(C)(C)C.C[N-]C(C(C)(C)C)C(C)(C)C.C[N-]C(C(C)(C)C)C(C)(C)C.C[N-]C(C(C)(C)C)C(C)(C)C.[2H]C(C)=O.[2H]C([NH-])=O.[K+].[K+].[K+].[NH2-].[NH2-]. The summed E-state index contributed by atoms with van der Waals surface area (Å²) in [6.07, 6.45) is -1.92. The van der Waals surface area contributed by atoms with E-state index in [1.165, 1.54) is 6.92 Å². The van der Waals surface area contributed by atoms with Crippen molar-refractivity contribution in [2.45, 2.75) is 205 Å². The Labute approximate surface area is 486 Å². The molecular weight excluding hydrogens is 776 g/mol. The fraction of sp³-hybridized carbons (Fsp3) is 0.955. The van der Waals surface area contributed by atoms with Gasteiger partial charge in [-0.1, -0.05) is 206 Å². The monoisotopic (exact) mass is 881 g/mol. The Kier molecular flexibility index (Phi) is 60.0. The van der Waals surface area contributed by atoms with E-state index in [0.29, 0.717) is 35.0 Å². The molecule has 332 valence electrons. The summed E-state index contributed by atoms with van der Waals surface area (Å²) in [5.74, 6) is 0. The normalized spacial score (nSPS) is 12.1. The maximum absolute atomic E-state index is 9.11. The molecule has 0 aliphatic carbocycles. The van der Waals surface area contributed by atoms with Crippen LogP contribution in [-0.4, -0.2) is 65.0 Å². The summed E-state index contributed by atoms with van der Waals surface area (Å²) in [7, 11) is 7.80. The minimum absolute atomic E-state index is 0. The van der Waals surface area contributed by atoms with Gasteiger partial charge in [0.2, 0.25) is 0 Å². The predicted molar refractivity (Wildman–Crippen MR) is 247 cm³/mol. The predicted octanol–water partition coefficient (Wildman–Crippen LogP) is 6.50. The smallest absolute Gasteiger partial charge is 0.693 e. The number of carbonyl (C=O) groups is 2. The van der Waals surface area contributed by atoms with E-state index in [4.69, 9.17) is 18.1 Å². The van der Waals surface area contributed by atoms with Gasteiger partial charge in [-0.05, 0) is 24.8 Å². The Hall–Kier alpha value is 3.81. The molecule has 9 nitrogen and oxygen atoms in total. The molecule has 0 aromatic carbocycles. The van der Waals surface area contributed by atoms with Crippen molar-refractivity contribution in [2.24, 2.45) is 43.3 Å². The van der Waals surface area contributed by atoms with E-state index < -0.39 is 12.6 Å². The molecule has 0 aromatic rings. The third-order valence-electron chi connectivity index (χ3n) is 7.72. The van der Waals surface area contributed by atoms with Crippen LogP contribution in [0.2, 0.25) is 0 Å². The number of rotatable bonds is 4. The number of hydrogen-bond acceptors (Lipinski definition) is 3. The molecule has 0 fully saturated rings. The molecule has 12 heteroatoms. The van der Waals surface area contributed by atoms with Crippen molar-refractivity contribution in [1.82, 2.24) is 5.32 Å². The summed E-state index contributed by atoms with van der Waals surface area (Å²) in [5.41, 5.74) is 8.00. The van der Waals surface area contributed by atoms with Crippen LogP contribution in [-0.2, 0) is 9.59 Å². The zero-order chi connectivity index (χ0) is 44.3. The Morgan fingerprint density at radius 3 is 0.571 bits per heavy atom. The van der Waals surface area contributed by atoms with E-state index in [1.54, 1.807) is 0 Å². The second-order valence-electron chi connectivity index (χ2n) is 21.9. The van der Waals surface area contributed by atoms with Crippen LogP contribution in [0.5, 0.6) is 0 Å². The third kappa shape index (κ3) is 52.2. The molecule has 0 rings (SSSR count). The average molecular weight is 882 g/mol. The van der Waals surface area contributed by atoms with Crippen molar-refractivity contribution in [3.05, 3.63) is 34.0 Å². The van der Waals surface area contributed by atoms with Gasteiger partial charge in [0.15, 0.2) is 0 Å². The zero-order valence-electron chi connectivity index (χ0n) is 45.6. The molecule has 1 amide bonds. The minimum Gasteiger partial charge on any atom is -0.693 e. The van der Waals surface area contributed by atoms with E-state index >= 15 is 0 Å². The zero-order valence-corrected chi connectivity index (χ0v) is 53.0. The molecule has 0 aliphatic rings. The van der Waals surface area contributed by atoms with Crippen LogP contribution in [0.1, 0.15) is 183 Å². The van der Waals surface area contributed by atoms with Crippen molar-refractivity contribution in [1.29, 1.82) is 0 Å². The molecule has 0 saturated carbocycles. The van der Waals surface area contributed by atoms with E-state index in [1.807, 2.05) is 28.2 Å². The van der Waals surface area contributed by atoms with Gasteiger partial charge in [-0.2, -0.15) is 21.1 Å². The first-order valence-corrected chi connectivity index (χ1v) is 18.4. The molecule has 0 saturated heterocycles. The maximum Gasteiger partial charge on any atom is 1.00 e. The van der Waals surface area contributed by atoms with Gasteiger partial charge in [-0.3, -0.25) is 0 Å². The van der Waals surface area contributed by atoms with Crippen molar-refractivity contribution < 1.29 is 166 Å². The molecule has 0 aliphatic heterocycles. The van der Waals surface area contributed by atoms with Crippen LogP contribution in [0.25, 0.3) is 34.0 Å². The molecule has 0 atom stereocenters. The van der Waals surface area contributed by atoms with Gasteiger partial charge in [0, 0.05) is 12.4 Å². The number of aldehydes is 1. The number of nitrogens with zero attached hydrogens (tertiary/aromatic N) is 3. The Bertz CT molecular complexity index is 733. The Morgan fingerprint density at radius 1 is 0.464 bits per heavy atom. The summed E-state index contributed by atoms with van der Waals surface area (Å²) >= 11 is 0. The maximum atomic E-state index is 9.11. The Morgan fingerprint density at radius 2 is 0.571 bits per heavy atom. The molecule has 0 unspecified atom stereocenters. The van der Waals surface area contributed by atoms with Gasteiger partial charge in [-0.25, -0.2) is 0 Å². The molecule has 0 heterocycles. The number of amides is 1. The van der Waals surface area contributed by atoms with Crippen LogP contribution in [0.4, 0.5) is 0 Å². The van der Waals surface area contributed by atoms with Crippen molar-refractivity contribution >= 4 is 12.6 Å². The van der Waals surface area contributed by atoms with E-state index in [2.05, 4.69) is 187 Å². The summed E-state index contributed by atoms with van der Waals surface area (Å²) < 4.78 is 11.6. The molecule has 56 heavy (non-hydrogen) atoms. The quantitative estimate of drug-likeness (QED) is 0.251. The fourth-order valence-corrected chi connectivity index (χ4v) is 8.39. The second-order valence-corrected chi connectivity index (χ2v) is 21.9. The molecule has 0 bridgehead atoms.